The minimum Gasteiger partial charge on any atom is -0.324 e. The third-order valence-corrected chi connectivity index (χ3v) is 10.5. The SMILES string of the molecule is c1ccc(N2CCN=C2c2ccc(-c3ccc4c(-c5ccc6ccccc6c5)c5ccccc5c(-c5ccc6ccccc6c5)c4c3)cc2)cc1. The Morgan fingerprint density at radius 2 is 0.843 bits per heavy atom. The quantitative estimate of drug-likeness (QED) is 0.169. The molecule has 0 N–H and O–H groups in total. The molecular weight excluding hydrogens is 617 g/mol. The van der Waals surface area contributed by atoms with Gasteiger partial charge in [-0.25, -0.2) is 0 Å². The average Bonchev–Trinajstić information content (AvgIpc) is 3.70. The third-order valence-electron chi connectivity index (χ3n) is 10.5. The first-order valence-corrected chi connectivity index (χ1v) is 17.7. The van der Waals surface area contributed by atoms with Gasteiger partial charge in [0.2, 0.25) is 0 Å². The Balaban J connectivity index is 1.17. The number of rotatable bonds is 5. The lowest BCUT2D eigenvalue weighted by atomic mass is 9.84. The van der Waals surface area contributed by atoms with Gasteiger partial charge in [-0.3, -0.25) is 4.99 Å². The Kier molecular flexibility index (Phi) is 6.99. The van der Waals surface area contributed by atoms with Crippen LogP contribution in [0.2, 0.25) is 0 Å². The van der Waals surface area contributed by atoms with Crippen molar-refractivity contribution in [3.05, 3.63) is 188 Å². The van der Waals surface area contributed by atoms with E-state index in [9.17, 15) is 0 Å². The molecule has 0 saturated carbocycles. The maximum Gasteiger partial charge on any atom is 0.135 e. The fourth-order valence-corrected chi connectivity index (χ4v) is 8.03. The van der Waals surface area contributed by atoms with Crippen molar-refractivity contribution in [2.24, 2.45) is 4.99 Å². The molecule has 1 heterocycles. The van der Waals surface area contributed by atoms with Crippen LogP contribution in [0.1, 0.15) is 5.56 Å². The zero-order valence-corrected chi connectivity index (χ0v) is 28.1. The summed E-state index contributed by atoms with van der Waals surface area (Å²) in [6, 6.07) is 66.6. The second-order valence-corrected chi connectivity index (χ2v) is 13.4. The molecule has 1 aliphatic heterocycles. The first-order chi connectivity index (χ1) is 25.3. The molecule has 0 unspecified atom stereocenters. The predicted octanol–water partition coefficient (Wildman–Crippen LogP) is 12.6. The summed E-state index contributed by atoms with van der Waals surface area (Å²) < 4.78 is 0. The van der Waals surface area contributed by atoms with Crippen LogP contribution in [-0.4, -0.2) is 18.9 Å². The van der Waals surface area contributed by atoms with E-state index < -0.39 is 0 Å². The molecule has 0 fully saturated rings. The van der Waals surface area contributed by atoms with E-state index in [1.807, 2.05) is 0 Å². The van der Waals surface area contributed by atoms with Gasteiger partial charge in [0.05, 0.1) is 6.54 Å². The second-order valence-electron chi connectivity index (χ2n) is 13.4. The highest BCUT2D eigenvalue weighted by Gasteiger charge is 2.21. The van der Waals surface area contributed by atoms with Gasteiger partial charge in [0.15, 0.2) is 0 Å². The van der Waals surface area contributed by atoms with Crippen LogP contribution < -0.4 is 4.90 Å². The lowest BCUT2D eigenvalue weighted by molar-refractivity contribution is 1.02. The molecule has 0 atom stereocenters. The van der Waals surface area contributed by atoms with E-state index in [1.165, 1.54) is 82.2 Å². The normalized spacial score (nSPS) is 13.0. The summed E-state index contributed by atoms with van der Waals surface area (Å²) in [6.07, 6.45) is 0. The van der Waals surface area contributed by atoms with Gasteiger partial charge >= 0.3 is 0 Å². The number of aliphatic imine (C=N–C) groups is 1. The Morgan fingerprint density at radius 3 is 1.49 bits per heavy atom. The van der Waals surface area contributed by atoms with E-state index in [4.69, 9.17) is 4.99 Å². The third kappa shape index (κ3) is 5.07. The Bertz CT molecular complexity index is 2800. The van der Waals surface area contributed by atoms with Crippen LogP contribution in [0.3, 0.4) is 0 Å². The number of amidine groups is 1. The first-order valence-electron chi connectivity index (χ1n) is 17.7. The maximum absolute atomic E-state index is 4.90. The predicted molar refractivity (Wildman–Crippen MR) is 218 cm³/mol. The molecule has 0 bridgehead atoms. The summed E-state index contributed by atoms with van der Waals surface area (Å²) in [6.45, 7) is 1.71. The van der Waals surface area contributed by atoms with Crippen molar-refractivity contribution in [1.29, 1.82) is 0 Å². The van der Waals surface area contributed by atoms with Crippen molar-refractivity contribution in [3.8, 4) is 33.4 Å². The van der Waals surface area contributed by atoms with Gasteiger partial charge in [0.25, 0.3) is 0 Å². The molecule has 51 heavy (non-hydrogen) atoms. The number of para-hydroxylation sites is 1. The van der Waals surface area contributed by atoms with Crippen LogP contribution >= 0.6 is 0 Å². The summed E-state index contributed by atoms with van der Waals surface area (Å²) >= 11 is 0. The van der Waals surface area contributed by atoms with E-state index in [0.717, 1.165) is 24.5 Å². The summed E-state index contributed by atoms with van der Waals surface area (Å²) in [5.74, 6) is 1.04. The van der Waals surface area contributed by atoms with Gasteiger partial charge in [0, 0.05) is 17.8 Å². The van der Waals surface area contributed by atoms with Gasteiger partial charge in [-0.05, 0) is 107 Å². The molecule has 0 aliphatic carbocycles. The van der Waals surface area contributed by atoms with Crippen LogP contribution in [0.25, 0.3) is 76.5 Å². The summed E-state index contributed by atoms with van der Waals surface area (Å²) in [5, 5.41) is 10.0. The molecular formula is C49H34N2. The molecule has 0 radical (unpaired) electrons. The molecule has 240 valence electrons. The number of hydrogen-bond acceptors (Lipinski definition) is 2. The zero-order valence-electron chi connectivity index (χ0n) is 28.1. The molecule has 1 aliphatic rings. The number of benzene rings is 9. The van der Waals surface area contributed by atoms with E-state index in [-0.39, 0.29) is 0 Å². The van der Waals surface area contributed by atoms with Crippen molar-refractivity contribution in [1.82, 2.24) is 0 Å². The second kappa shape index (κ2) is 12.1. The highest BCUT2D eigenvalue weighted by molar-refractivity contribution is 6.22. The van der Waals surface area contributed by atoms with Crippen molar-refractivity contribution in [3.63, 3.8) is 0 Å². The van der Waals surface area contributed by atoms with Gasteiger partial charge in [-0.1, -0.05) is 152 Å². The van der Waals surface area contributed by atoms with E-state index >= 15 is 0 Å². The maximum atomic E-state index is 4.90. The Hall–Kier alpha value is -6.51. The van der Waals surface area contributed by atoms with Crippen LogP contribution in [0.15, 0.2) is 187 Å². The van der Waals surface area contributed by atoms with Crippen LogP contribution in [0.4, 0.5) is 5.69 Å². The molecule has 0 saturated heterocycles. The molecule has 9 aromatic carbocycles. The number of nitrogens with zero attached hydrogens (tertiary/aromatic N) is 2. The lowest BCUT2D eigenvalue weighted by Gasteiger charge is -2.21. The molecule has 0 aromatic heterocycles. The van der Waals surface area contributed by atoms with Gasteiger partial charge in [0.1, 0.15) is 5.84 Å². The fourth-order valence-electron chi connectivity index (χ4n) is 8.03. The topological polar surface area (TPSA) is 15.6 Å². The minimum absolute atomic E-state index is 0.807. The van der Waals surface area contributed by atoms with Crippen molar-refractivity contribution < 1.29 is 0 Å². The van der Waals surface area contributed by atoms with Gasteiger partial charge < -0.3 is 4.90 Å². The molecule has 10 rings (SSSR count). The summed E-state index contributed by atoms with van der Waals surface area (Å²) in [7, 11) is 0. The largest absolute Gasteiger partial charge is 0.324 e. The lowest BCUT2D eigenvalue weighted by Crippen LogP contribution is -2.27. The standard InChI is InChI=1S/C49H34N2/c1-2-14-42(15-3-1)51-29-28-50-49(51)36-22-18-35(19-23-36)39-26-27-45-46(32-39)48(41-25-21-34-11-5-7-13-38(34)31-41)44-17-9-8-16-43(44)47(45)40-24-20-33-10-4-6-12-37(33)30-40/h1-27,30-32H,28-29H2. The van der Waals surface area contributed by atoms with Crippen LogP contribution in [-0.2, 0) is 0 Å². The van der Waals surface area contributed by atoms with E-state index in [1.54, 1.807) is 0 Å². The number of hydrogen-bond donors (Lipinski definition) is 0. The Labute approximate surface area is 297 Å². The molecule has 0 spiro atoms. The number of anilines is 1. The summed E-state index contributed by atoms with van der Waals surface area (Å²) in [5.41, 5.74) is 9.72. The Morgan fingerprint density at radius 1 is 0.353 bits per heavy atom. The molecule has 2 nitrogen and oxygen atoms in total. The van der Waals surface area contributed by atoms with Gasteiger partial charge in [-0.15, -0.1) is 0 Å². The van der Waals surface area contributed by atoms with Crippen molar-refractivity contribution in [2.45, 2.75) is 0 Å². The van der Waals surface area contributed by atoms with Crippen LogP contribution in [0, 0.1) is 0 Å². The first kappa shape index (κ1) is 29.4. The van der Waals surface area contributed by atoms with Gasteiger partial charge in [-0.2, -0.15) is 0 Å². The van der Waals surface area contributed by atoms with Crippen molar-refractivity contribution in [2.75, 3.05) is 18.0 Å². The monoisotopic (exact) mass is 650 g/mol. The van der Waals surface area contributed by atoms with E-state index in [0.29, 0.717) is 0 Å². The fraction of sp³-hybridized carbons (Fsp3) is 0.0408. The molecule has 2 heteroatoms. The highest BCUT2D eigenvalue weighted by atomic mass is 15.2. The highest BCUT2D eigenvalue weighted by Crippen LogP contribution is 2.45. The summed E-state index contributed by atoms with van der Waals surface area (Å²) in [4.78, 5) is 7.22. The zero-order chi connectivity index (χ0) is 33.7. The average molecular weight is 651 g/mol. The van der Waals surface area contributed by atoms with Crippen molar-refractivity contribution >= 4 is 54.6 Å². The number of fused-ring (bicyclic) bond motifs is 4. The molecule has 0 amide bonds. The van der Waals surface area contributed by atoms with E-state index in [2.05, 4.69) is 187 Å². The smallest absolute Gasteiger partial charge is 0.135 e. The molecule has 9 aromatic rings. The minimum atomic E-state index is 0.807. The van der Waals surface area contributed by atoms with Crippen LogP contribution in [0.5, 0.6) is 0 Å².